The smallest absolute Gasteiger partial charge is 0.191 e. The van der Waals surface area contributed by atoms with Crippen LogP contribution in [0.25, 0.3) is 0 Å². The first kappa shape index (κ1) is 20.2. The molecule has 1 saturated heterocycles. The lowest BCUT2D eigenvalue weighted by Gasteiger charge is -2.45. The van der Waals surface area contributed by atoms with Crippen molar-refractivity contribution in [2.45, 2.75) is 53.0 Å². The number of hydrogen-bond acceptors (Lipinski definition) is 3. The summed E-state index contributed by atoms with van der Waals surface area (Å²) >= 11 is 0. The Hall–Kier alpha value is -0.810. The monoisotopic (exact) mass is 326 g/mol. The maximum absolute atomic E-state index is 5.36. The van der Waals surface area contributed by atoms with Gasteiger partial charge < -0.3 is 15.4 Å². The zero-order chi connectivity index (χ0) is 17.3. The highest BCUT2D eigenvalue weighted by molar-refractivity contribution is 5.79. The molecule has 5 heteroatoms. The molecule has 2 unspecified atom stereocenters. The van der Waals surface area contributed by atoms with Gasteiger partial charge in [-0.3, -0.25) is 9.89 Å². The minimum absolute atomic E-state index is 0.131. The number of guanidine groups is 1. The molecule has 0 aromatic carbocycles. The van der Waals surface area contributed by atoms with Gasteiger partial charge in [0.15, 0.2) is 5.96 Å². The molecular formula is C18H38N4O. The lowest BCUT2D eigenvalue weighted by atomic mass is 9.88. The summed E-state index contributed by atoms with van der Waals surface area (Å²) in [5.41, 5.74) is 0.131. The van der Waals surface area contributed by atoms with Gasteiger partial charge in [-0.05, 0) is 45.4 Å². The Balaban J connectivity index is 2.37. The summed E-state index contributed by atoms with van der Waals surface area (Å²) in [5.74, 6) is 2.45. The molecule has 23 heavy (non-hydrogen) atoms. The Kier molecular flexibility index (Phi) is 8.92. The molecule has 0 spiro atoms. The van der Waals surface area contributed by atoms with Crippen molar-refractivity contribution in [2.75, 3.05) is 46.4 Å². The van der Waals surface area contributed by atoms with E-state index in [-0.39, 0.29) is 5.54 Å². The lowest BCUT2D eigenvalue weighted by molar-refractivity contribution is 0.0483. The van der Waals surface area contributed by atoms with Crippen molar-refractivity contribution in [2.24, 2.45) is 16.8 Å². The molecule has 1 rings (SSSR count). The van der Waals surface area contributed by atoms with E-state index in [4.69, 9.17) is 4.74 Å². The van der Waals surface area contributed by atoms with Crippen molar-refractivity contribution >= 4 is 5.96 Å². The Morgan fingerprint density at radius 1 is 1.22 bits per heavy atom. The van der Waals surface area contributed by atoms with E-state index in [2.05, 4.69) is 48.2 Å². The molecule has 0 bridgehead atoms. The Bertz CT molecular complexity index is 347. The summed E-state index contributed by atoms with van der Waals surface area (Å²) in [6, 6.07) is 0. The van der Waals surface area contributed by atoms with Crippen LogP contribution in [0.4, 0.5) is 0 Å². The molecule has 0 aliphatic carbocycles. The van der Waals surface area contributed by atoms with Gasteiger partial charge in [0.25, 0.3) is 0 Å². The molecule has 0 aromatic heterocycles. The van der Waals surface area contributed by atoms with Gasteiger partial charge in [-0.15, -0.1) is 0 Å². The van der Waals surface area contributed by atoms with Crippen LogP contribution in [0.5, 0.6) is 0 Å². The van der Waals surface area contributed by atoms with Crippen molar-refractivity contribution in [1.82, 2.24) is 15.5 Å². The molecule has 1 aliphatic heterocycles. The molecule has 0 amide bonds. The van der Waals surface area contributed by atoms with Crippen LogP contribution in [-0.4, -0.2) is 62.8 Å². The van der Waals surface area contributed by atoms with Gasteiger partial charge in [0.1, 0.15) is 0 Å². The van der Waals surface area contributed by atoms with Crippen LogP contribution in [0.3, 0.4) is 0 Å². The van der Waals surface area contributed by atoms with Crippen molar-refractivity contribution < 1.29 is 4.74 Å². The van der Waals surface area contributed by atoms with E-state index in [0.29, 0.717) is 0 Å². The van der Waals surface area contributed by atoms with Crippen LogP contribution >= 0.6 is 0 Å². The third-order valence-corrected chi connectivity index (χ3v) is 4.60. The molecule has 5 nitrogen and oxygen atoms in total. The summed E-state index contributed by atoms with van der Waals surface area (Å²) in [6.07, 6.45) is 2.35. The molecule has 0 aromatic rings. The third-order valence-electron chi connectivity index (χ3n) is 4.60. The number of aliphatic imine (C=N–C) groups is 1. The number of rotatable bonds is 8. The minimum Gasteiger partial charge on any atom is -0.382 e. The standard InChI is InChI=1S/C18H38N4O/c1-7-23-10-8-9-20-17(19-6)21-14-18(4,5)22-12-15(2)11-16(3)13-22/h15-16H,7-14H2,1-6H3,(H2,19,20,21). The molecule has 136 valence electrons. The number of hydrogen-bond donors (Lipinski definition) is 2. The van der Waals surface area contributed by atoms with Gasteiger partial charge in [0.05, 0.1) is 0 Å². The maximum atomic E-state index is 5.36. The topological polar surface area (TPSA) is 48.9 Å². The van der Waals surface area contributed by atoms with Crippen LogP contribution in [0.15, 0.2) is 4.99 Å². The molecule has 0 radical (unpaired) electrons. The van der Waals surface area contributed by atoms with Crippen molar-refractivity contribution in [1.29, 1.82) is 0 Å². The predicted molar refractivity (Wildman–Crippen MR) is 99.1 cm³/mol. The quantitative estimate of drug-likeness (QED) is 0.408. The van der Waals surface area contributed by atoms with Gasteiger partial charge in [-0.2, -0.15) is 0 Å². The second-order valence-electron chi connectivity index (χ2n) is 7.57. The van der Waals surface area contributed by atoms with Crippen molar-refractivity contribution in [3.8, 4) is 0 Å². The van der Waals surface area contributed by atoms with Crippen molar-refractivity contribution in [3.63, 3.8) is 0 Å². The van der Waals surface area contributed by atoms with E-state index in [1.807, 2.05) is 14.0 Å². The summed E-state index contributed by atoms with van der Waals surface area (Å²) in [7, 11) is 1.83. The summed E-state index contributed by atoms with van der Waals surface area (Å²) in [6.45, 7) is 17.2. The molecule has 0 saturated carbocycles. The summed E-state index contributed by atoms with van der Waals surface area (Å²) in [4.78, 5) is 6.95. The fraction of sp³-hybridized carbons (Fsp3) is 0.944. The molecule has 2 N–H and O–H groups in total. The maximum Gasteiger partial charge on any atom is 0.191 e. The van der Waals surface area contributed by atoms with Gasteiger partial charge >= 0.3 is 0 Å². The Morgan fingerprint density at radius 3 is 2.43 bits per heavy atom. The Labute approximate surface area is 143 Å². The Morgan fingerprint density at radius 2 is 1.87 bits per heavy atom. The van der Waals surface area contributed by atoms with Crippen LogP contribution in [0, 0.1) is 11.8 Å². The highest BCUT2D eigenvalue weighted by Gasteiger charge is 2.32. The zero-order valence-electron chi connectivity index (χ0n) is 16.1. The second kappa shape index (κ2) is 10.1. The number of nitrogens with zero attached hydrogens (tertiary/aromatic N) is 2. The molecule has 1 aliphatic rings. The van der Waals surface area contributed by atoms with Gasteiger partial charge in [0.2, 0.25) is 0 Å². The van der Waals surface area contributed by atoms with Crippen molar-refractivity contribution in [3.05, 3.63) is 0 Å². The predicted octanol–water partition coefficient (Wildman–Crippen LogP) is 2.33. The van der Waals surface area contributed by atoms with E-state index in [1.54, 1.807) is 0 Å². The largest absolute Gasteiger partial charge is 0.382 e. The van der Waals surface area contributed by atoms with Crippen LogP contribution in [0.2, 0.25) is 0 Å². The summed E-state index contributed by atoms with van der Waals surface area (Å²) in [5, 5.41) is 6.85. The number of piperidine rings is 1. The zero-order valence-corrected chi connectivity index (χ0v) is 16.1. The third kappa shape index (κ3) is 7.53. The highest BCUT2D eigenvalue weighted by Crippen LogP contribution is 2.26. The second-order valence-corrected chi connectivity index (χ2v) is 7.57. The van der Waals surface area contributed by atoms with E-state index in [0.717, 1.165) is 50.5 Å². The molecule has 1 fully saturated rings. The van der Waals surface area contributed by atoms with Gasteiger partial charge in [-0.25, -0.2) is 0 Å². The SMILES string of the molecule is CCOCCCNC(=NC)NCC(C)(C)N1CC(C)CC(C)C1. The van der Waals surface area contributed by atoms with E-state index >= 15 is 0 Å². The fourth-order valence-electron chi connectivity index (χ4n) is 3.31. The average molecular weight is 327 g/mol. The van der Waals surface area contributed by atoms with E-state index < -0.39 is 0 Å². The lowest BCUT2D eigenvalue weighted by Crippen LogP contribution is -2.57. The first-order valence-electron chi connectivity index (χ1n) is 9.16. The first-order chi connectivity index (χ1) is 10.9. The molecular weight excluding hydrogens is 288 g/mol. The number of ether oxygens (including phenoxy) is 1. The minimum atomic E-state index is 0.131. The number of nitrogens with one attached hydrogen (secondary N) is 2. The number of likely N-dealkylation sites (tertiary alicyclic amines) is 1. The molecule has 1 heterocycles. The van der Waals surface area contributed by atoms with Crippen LogP contribution in [0.1, 0.15) is 47.5 Å². The van der Waals surface area contributed by atoms with Gasteiger partial charge in [-0.1, -0.05) is 13.8 Å². The van der Waals surface area contributed by atoms with Crippen LogP contribution < -0.4 is 10.6 Å². The van der Waals surface area contributed by atoms with Crippen LogP contribution in [-0.2, 0) is 4.74 Å². The van der Waals surface area contributed by atoms with E-state index in [9.17, 15) is 0 Å². The first-order valence-corrected chi connectivity index (χ1v) is 9.16. The molecule has 2 atom stereocenters. The fourth-order valence-corrected chi connectivity index (χ4v) is 3.31. The van der Waals surface area contributed by atoms with Gasteiger partial charge in [0, 0.05) is 52.0 Å². The van der Waals surface area contributed by atoms with E-state index in [1.165, 1.54) is 19.5 Å². The highest BCUT2D eigenvalue weighted by atomic mass is 16.5. The normalized spacial score (nSPS) is 23.8. The summed E-state index contributed by atoms with van der Waals surface area (Å²) < 4.78 is 5.36. The average Bonchev–Trinajstić information content (AvgIpc) is 2.49.